The number of pyridine rings is 1. The Morgan fingerprint density at radius 2 is 1.89 bits per heavy atom. The number of aromatic nitrogens is 3. The third kappa shape index (κ3) is 5.42. The number of aromatic carboxylic acids is 1. The summed E-state index contributed by atoms with van der Waals surface area (Å²) in [6, 6.07) is 12.6. The molecule has 1 aliphatic heterocycles. The SMILES string of the molecule is Cn1c(CN2CCC(c3cccc(OCc4ccc(Cl)cc4F)n3)CC2)nc2cc(F)c(C(=O)O)cc21. The van der Waals surface area contributed by atoms with Crippen molar-refractivity contribution in [3.05, 3.63) is 87.8 Å². The van der Waals surface area contributed by atoms with Gasteiger partial charge in [-0.15, -0.1) is 0 Å². The van der Waals surface area contributed by atoms with E-state index < -0.39 is 17.6 Å². The van der Waals surface area contributed by atoms with E-state index in [0.717, 1.165) is 37.4 Å². The van der Waals surface area contributed by atoms with Crippen molar-refractivity contribution >= 4 is 28.6 Å². The van der Waals surface area contributed by atoms with Crippen molar-refractivity contribution in [2.75, 3.05) is 13.1 Å². The van der Waals surface area contributed by atoms with Gasteiger partial charge >= 0.3 is 5.97 Å². The van der Waals surface area contributed by atoms with Crippen LogP contribution in [-0.4, -0.2) is 43.6 Å². The molecular weight excluding hydrogens is 502 g/mol. The maximum atomic E-state index is 14.1. The Labute approximate surface area is 217 Å². The minimum Gasteiger partial charge on any atom is -0.478 e. The molecule has 0 atom stereocenters. The van der Waals surface area contributed by atoms with Crippen molar-refractivity contribution in [3.63, 3.8) is 0 Å². The van der Waals surface area contributed by atoms with E-state index in [4.69, 9.17) is 16.3 Å². The van der Waals surface area contributed by atoms with E-state index in [0.29, 0.717) is 34.0 Å². The largest absolute Gasteiger partial charge is 0.478 e. The summed E-state index contributed by atoms with van der Waals surface area (Å²) < 4.78 is 35.7. The number of nitrogens with zero attached hydrogens (tertiary/aromatic N) is 4. The number of imidazole rings is 1. The lowest BCUT2D eigenvalue weighted by Crippen LogP contribution is -2.33. The monoisotopic (exact) mass is 526 g/mol. The predicted octanol–water partition coefficient (Wildman–Crippen LogP) is 5.56. The van der Waals surface area contributed by atoms with Gasteiger partial charge in [0, 0.05) is 41.4 Å². The van der Waals surface area contributed by atoms with Crippen LogP contribution in [-0.2, 0) is 20.2 Å². The van der Waals surface area contributed by atoms with E-state index in [2.05, 4.69) is 14.9 Å². The molecule has 2 aromatic carbocycles. The lowest BCUT2D eigenvalue weighted by molar-refractivity contribution is 0.0692. The molecule has 1 N–H and O–H groups in total. The molecule has 0 radical (unpaired) electrons. The number of rotatable bonds is 7. The number of carboxylic acid groups (broad SMARTS) is 1. The number of ether oxygens (including phenoxy) is 1. The first kappa shape index (κ1) is 25.1. The highest BCUT2D eigenvalue weighted by Crippen LogP contribution is 2.29. The summed E-state index contributed by atoms with van der Waals surface area (Å²) in [5.74, 6) is -1.05. The van der Waals surface area contributed by atoms with Gasteiger partial charge in [0.2, 0.25) is 5.88 Å². The molecule has 2 aromatic heterocycles. The molecule has 4 aromatic rings. The zero-order valence-electron chi connectivity index (χ0n) is 20.1. The van der Waals surface area contributed by atoms with E-state index in [-0.39, 0.29) is 18.1 Å². The van der Waals surface area contributed by atoms with Gasteiger partial charge in [-0.25, -0.2) is 23.5 Å². The van der Waals surface area contributed by atoms with E-state index in [1.54, 1.807) is 18.2 Å². The summed E-state index contributed by atoms with van der Waals surface area (Å²) in [7, 11) is 1.81. The number of benzene rings is 2. The molecule has 0 aliphatic carbocycles. The van der Waals surface area contributed by atoms with Crippen molar-refractivity contribution in [2.45, 2.75) is 31.9 Å². The van der Waals surface area contributed by atoms with Crippen LogP contribution in [0.3, 0.4) is 0 Å². The van der Waals surface area contributed by atoms with Gasteiger partial charge in [0.15, 0.2) is 0 Å². The van der Waals surface area contributed by atoms with Crippen LogP contribution in [0.15, 0.2) is 48.5 Å². The summed E-state index contributed by atoms with van der Waals surface area (Å²) in [5, 5.41) is 9.55. The number of likely N-dealkylation sites (tertiary alicyclic amines) is 1. The van der Waals surface area contributed by atoms with Gasteiger partial charge in [0.1, 0.15) is 24.1 Å². The first-order valence-electron chi connectivity index (χ1n) is 11.9. The molecule has 0 unspecified atom stereocenters. The molecule has 1 aliphatic rings. The predicted molar refractivity (Wildman–Crippen MR) is 135 cm³/mol. The van der Waals surface area contributed by atoms with Crippen molar-refractivity contribution in [3.8, 4) is 5.88 Å². The lowest BCUT2D eigenvalue weighted by Gasteiger charge is -2.31. The second kappa shape index (κ2) is 10.4. The Kier molecular flexibility index (Phi) is 7.08. The number of piperidine rings is 1. The molecule has 37 heavy (non-hydrogen) atoms. The minimum atomic E-state index is -1.30. The first-order valence-corrected chi connectivity index (χ1v) is 12.3. The molecule has 10 heteroatoms. The minimum absolute atomic E-state index is 0.0633. The summed E-state index contributed by atoms with van der Waals surface area (Å²) in [4.78, 5) is 22.7. The van der Waals surface area contributed by atoms with Gasteiger partial charge in [-0.1, -0.05) is 23.7 Å². The van der Waals surface area contributed by atoms with Crippen LogP contribution in [0.2, 0.25) is 5.02 Å². The topological polar surface area (TPSA) is 80.5 Å². The Bertz CT molecular complexity index is 1470. The van der Waals surface area contributed by atoms with E-state index in [1.165, 1.54) is 18.2 Å². The van der Waals surface area contributed by atoms with Crippen molar-refractivity contribution in [1.29, 1.82) is 0 Å². The molecule has 0 saturated carbocycles. The van der Waals surface area contributed by atoms with Gasteiger partial charge < -0.3 is 14.4 Å². The number of hydrogen-bond acceptors (Lipinski definition) is 5. The molecule has 1 fully saturated rings. The Morgan fingerprint density at radius 1 is 1.11 bits per heavy atom. The zero-order valence-corrected chi connectivity index (χ0v) is 20.9. The molecular formula is C27H25ClF2N4O3. The van der Waals surface area contributed by atoms with Crippen molar-refractivity contribution in [1.82, 2.24) is 19.4 Å². The molecule has 5 rings (SSSR count). The highest BCUT2D eigenvalue weighted by atomic mass is 35.5. The quantitative estimate of drug-likeness (QED) is 0.340. The fraction of sp³-hybridized carbons (Fsp3) is 0.296. The second-order valence-corrected chi connectivity index (χ2v) is 9.62. The Hall–Kier alpha value is -3.56. The van der Waals surface area contributed by atoms with Crippen LogP contribution in [0.1, 0.15) is 46.2 Å². The molecule has 0 amide bonds. The molecule has 192 valence electrons. The van der Waals surface area contributed by atoms with E-state index in [1.807, 2.05) is 23.7 Å². The molecule has 0 bridgehead atoms. The van der Waals surface area contributed by atoms with Gasteiger partial charge in [-0.3, -0.25) is 4.90 Å². The average molecular weight is 527 g/mol. The Morgan fingerprint density at radius 3 is 2.62 bits per heavy atom. The number of halogens is 3. The van der Waals surface area contributed by atoms with Crippen LogP contribution in [0.4, 0.5) is 8.78 Å². The number of fused-ring (bicyclic) bond motifs is 1. The smallest absolute Gasteiger partial charge is 0.338 e. The van der Waals surface area contributed by atoms with Gasteiger partial charge in [-0.2, -0.15) is 0 Å². The van der Waals surface area contributed by atoms with Crippen LogP contribution >= 0.6 is 11.6 Å². The van der Waals surface area contributed by atoms with Crippen LogP contribution in [0, 0.1) is 11.6 Å². The Balaban J connectivity index is 1.21. The third-order valence-corrected chi connectivity index (χ3v) is 7.03. The van der Waals surface area contributed by atoms with Gasteiger partial charge in [0.25, 0.3) is 0 Å². The van der Waals surface area contributed by atoms with Crippen LogP contribution < -0.4 is 4.74 Å². The molecule has 0 spiro atoms. The fourth-order valence-corrected chi connectivity index (χ4v) is 4.84. The number of carboxylic acids is 1. The fourth-order valence-electron chi connectivity index (χ4n) is 4.68. The highest BCUT2D eigenvalue weighted by Gasteiger charge is 2.24. The third-order valence-electron chi connectivity index (χ3n) is 6.80. The number of aryl methyl sites for hydroxylation is 1. The second-order valence-electron chi connectivity index (χ2n) is 9.19. The maximum Gasteiger partial charge on any atom is 0.338 e. The molecule has 1 saturated heterocycles. The summed E-state index contributed by atoms with van der Waals surface area (Å²) in [6.07, 6.45) is 1.79. The average Bonchev–Trinajstić information content (AvgIpc) is 3.17. The van der Waals surface area contributed by atoms with Gasteiger partial charge in [0.05, 0.1) is 23.1 Å². The van der Waals surface area contributed by atoms with E-state index in [9.17, 15) is 18.7 Å². The molecule has 3 heterocycles. The first-order chi connectivity index (χ1) is 17.8. The summed E-state index contributed by atoms with van der Waals surface area (Å²) >= 11 is 5.81. The van der Waals surface area contributed by atoms with Crippen LogP contribution in [0.5, 0.6) is 5.88 Å². The number of carbonyl (C=O) groups is 1. The lowest BCUT2D eigenvalue weighted by atomic mass is 9.93. The van der Waals surface area contributed by atoms with Gasteiger partial charge in [-0.05, 0) is 50.2 Å². The maximum absolute atomic E-state index is 14.1. The summed E-state index contributed by atoms with van der Waals surface area (Å²) in [5.41, 5.74) is 2.01. The number of hydrogen-bond donors (Lipinski definition) is 1. The van der Waals surface area contributed by atoms with Crippen LogP contribution in [0.25, 0.3) is 11.0 Å². The van der Waals surface area contributed by atoms with Crippen molar-refractivity contribution in [2.24, 2.45) is 7.05 Å². The summed E-state index contributed by atoms with van der Waals surface area (Å²) in [6.45, 7) is 2.29. The zero-order chi connectivity index (χ0) is 26.1. The van der Waals surface area contributed by atoms with E-state index >= 15 is 0 Å². The standard InChI is InChI=1S/C27H25ClF2N4O3/c1-33-24-12-19(27(35)36)21(30)13-23(24)31-25(33)14-34-9-7-16(8-10-34)22-3-2-4-26(32-22)37-15-17-5-6-18(28)11-20(17)29/h2-6,11-13,16H,7-10,14-15H2,1H3,(H,35,36). The highest BCUT2D eigenvalue weighted by molar-refractivity contribution is 6.30. The molecule has 7 nitrogen and oxygen atoms in total. The normalized spacial score (nSPS) is 14.8. The van der Waals surface area contributed by atoms with Crippen molar-refractivity contribution < 1.29 is 23.4 Å².